The number of nitrogens with zero attached hydrogens (tertiary/aromatic N) is 2. The van der Waals surface area contributed by atoms with Crippen LogP contribution < -0.4 is 5.73 Å². The predicted molar refractivity (Wildman–Crippen MR) is 89.0 cm³/mol. The molecule has 0 aliphatic carbocycles. The van der Waals surface area contributed by atoms with E-state index in [4.69, 9.17) is 17.3 Å². The number of halogens is 1. The first-order valence-corrected chi connectivity index (χ1v) is 7.59. The molecule has 0 aliphatic rings. The van der Waals surface area contributed by atoms with Crippen LogP contribution in [0.4, 0.5) is 0 Å². The third-order valence-electron chi connectivity index (χ3n) is 3.69. The fourth-order valence-electron chi connectivity index (χ4n) is 2.64. The van der Waals surface area contributed by atoms with E-state index in [0.29, 0.717) is 16.4 Å². The SMILES string of the molecule is NC(=O)Cc1nc2ccccc2n1CC(O)c1ccccc1Cl. The van der Waals surface area contributed by atoms with Crippen LogP contribution >= 0.6 is 11.6 Å². The number of nitrogens with two attached hydrogens (primary N) is 1. The molecule has 0 saturated heterocycles. The van der Waals surface area contributed by atoms with Crippen molar-refractivity contribution in [3.05, 3.63) is 64.9 Å². The highest BCUT2D eigenvalue weighted by atomic mass is 35.5. The normalized spacial score (nSPS) is 12.4. The second-order valence-corrected chi connectivity index (χ2v) is 5.71. The Labute approximate surface area is 138 Å². The fourth-order valence-corrected chi connectivity index (χ4v) is 2.90. The lowest BCUT2D eigenvalue weighted by Gasteiger charge is -2.16. The number of amides is 1. The minimum absolute atomic E-state index is 0.0178. The summed E-state index contributed by atoms with van der Waals surface area (Å²) >= 11 is 6.14. The molecule has 1 amide bonds. The van der Waals surface area contributed by atoms with Crippen molar-refractivity contribution in [2.75, 3.05) is 0 Å². The maximum absolute atomic E-state index is 11.3. The van der Waals surface area contributed by atoms with Crippen LogP contribution in [0.5, 0.6) is 0 Å². The number of carbonyl (C=O) groups is 1. The minimum Gasteiger partial charge on any atom is -0.386 e. The summed E-state index contributed by atoms with van der Waals surface area (Å²) in [6.45, 7) is 0.243. The maximum Gasteiger partial charge on any atom is 0.225 e. The van der Waals surface area contributed by atoms with Gasteiger partial charge in [0, 0.05) is 10.6 Å². The molecule has 1 atom stereocenters. The number of aromatic nitrogens is 2. The predicted octanol–water partition coefficient (Wildman–Crippen LogP) is 2.45. The second kappa shape index (κ2) is 6.40. The fraction of sp³-hybridized carbons (Fsp3) is 0.176. The molecule has 5 nitrogen and oxygen atoms in total. The van der Waals surface area contributed by atoms with Gasteiger partial charge in [0.25, 0.3) is 0 Å². The Morgan fingerprint density at radius 1 is 1.22 bits per heavy atom. The Kier molecular flexibility index (Phi) is 4.32. The van der Waals surface area contributed by atoms with Gasteiger partial charge in [-0.05, 0) is 18.2 Å². The highest BCUT2D eigenvalue weighted by molar-refractivity contribution is 6.31. The van der Waals surface area contributed by atoms with Crippen molar-refractivity contribution in [1.29, 1.82) is 0 Å². The van der Waals surface area contributed by atoms with Crippen molar-refractivity contribution in [2.45, 2.75) is 19.1 Å². The largest absolute Gasteiger partial charge is 0.386 e. The van der Waals surface area contributed by atoms with Gasteiger partial charge >= 0.3 is 0 Å². The highest BCUT2D eigenvalue weighted by Gasteiger charge is 2.18. The zero-order valence-electron chi connectivity index (χ0n) is 12.3. The van der Waals surface area contributed by atoms with Crippen molar-refractivity contribution in [2.24, 2.45) is 5.73 Å². The summed E-state index contributed by atoms with van der Waals surface area (Å²) in [5.41, 5.74) is 7.54. The third kappa shape index (κ3) is 3.21. The van der Waals surface area contributed by atoms with E-state index in [-0.39, 0.29) is 13.0 Å². The summed E-state index contributed by atoms with van der Waals surface area (Å²) in [5, 5.41) is 11.0. The number of imidazole rings is 1. The Balaban J connectivity index is 2.01. The standard InChI is InChI=1S/C17H16ClN3O2/c18-12-6-2-1-5-11(12)15(22)10-21-14-8-4-3-7-13(14)20-17(21)9-16(19)23/h1-8,15,22H,9-10H2,(H2,19,23). The van der Waals surface area contributed by atoms with Crippen LogP contribution in [-0.2, 0) is 17.8 Å². The monoisotopic (exact) mass is 329 g/mol. The van der Waals surface area contributed by atoms with Gasteiger partial charge in [-0.1, -0.05) is 41.9 Å². The average molecular weight is 330 g/mol. The Hall–Kier alpha value is -2.37. The van der Waals surface area contributed by atoms with E-state index in [2.05, 4.69) is 4.98 Å². The van der Waals surface area contributed by atoms with E-state index >= 15 is 0 Å². The van der Waals surface area contributed by atoms with Gasteiger partial charge in [0.2, 0.25) is 5.91 Å². The molecule has 0 bridgehead atoms. The second-order valence-electron chi connectivity index (χ2n) is 5.31. The minimum atomic E-state index is -0.812. The lowest BCUT2D eigenvalue weighted by Crippen LogP contribution is -2.19. The summed E-state index contributed by atoms with van der Waals surface area (Å²) < 4.78 is 1.81. The number of carbonyl (C=O) groups excluding carboxylic acids is 1. The van der Waals surface area contributed by atoms with Crippen LogP contribution in [0, 0.1) is 0 Å². The number of rotatable bonds is 5. The first kappa shape index (κ1) is 15.5. The number of primary amides is 1. The van der Waals surface area contributed by atoms with Crippen LogP contribution in [0.2, 0.25) is 5.02 Å². The van der Waals surface area contributed by atoms with Gasteiger partial charge in [-0.15, -0.1) is 0 Å². The molecule has 1 heterocycles. The van der Waals surface area contributed by atoms with Crippen LogP contribution in [0.15, 0.2) is 48.5 Å². The van der Waals surface area contributed by atoms with Crippen LogP contribution in [0.25, 0.3) is 11.0 Å². The number of hydrogen-bond acceptors (Lipinski definition) is 3. The molecule has 23 heavy (non-hydrogen) atoms. The van der Waals surface area contributed by atoms with Gasteiger partial charge in [-0.25, -0.2) is 4.98 Å². The van der Waals surface area contributed by atoms with Gasteiger partial charge in [0.1, 0.15) is 5.82 Å². The number of fused-ring (bicyclic) bond motifs is 1. The first-order valence-electron chi connectivity index (χ1n) is 7.21. The van der Waals surface area contributed by atoms with Gasteiger partial charge in [0.15, 0.2) is 0 Å². The third-order valence-corrected chi connectivity index (χ3v) is 4.03. The van der Waals surface area contributed by atoms with Gasteiger partial charge in [-0.2, -0.15) is 0 Å². The Morgan fingerprint density at radius 2 is 1.91 bits per heavy atom. The molecule has 3 N–H and O–H groups in total. The molecule has 118 valence electrons. The van der Waals surface area contributed by atoms with Gasteiger partial charge in [0.05, 0.1) is 30.1 Å². The quantitative estimate of drug-likeness (QED) is 0.754. The van der Waals surface area contributed by atoms with Crippen molar-refractivity contribution in [3.63, 3.8) is 0 Å². The topological polar surface area (TPSA) is 81.1 Å². The summed E-state index contributed by atoms with van der Waals surface area (Å²) in [6, 6.07) is 14.7. The maximum atomic E-state index is 11.3. The van der Waals surface area contributed by atoms with E-state index in [9.17, 15) is 9.90 Å². The molecule has 3 rings (SSSR count). The van der Waals surface area contributed by atoms with E-state index in [1.807, 2.05) is 41.0 Å². The van der Waals surface area contributed by atoms with Crippen LogP contribution in [-0.4, -0.2) is 20.6 Å². The number of benzene rings is 2. The molecule has 0 spiro atoms. The van der Waals surface area contributed by atoms with E-state index in [0.717, 1.165) is 11.0 Å². The summed E-state index contributed by atoms with van der Waals surface area (Å²) in [6.07, 6.45) is -0.794. The zero-order valence-corrected chi connectivity index (χ0v) is 13.1. The number of hydrogen-bond donors (Lipinski definition) is 2. The lowest BCUT2D eigenvalue weighted by atomic mass is 10.1. The van der Waals surface area contributed by atoms with E-state index in [1.165, 1.54) is 0 Å². The summed E-state index contributed by atoms with van der Waals surface area (Å²) in [4.78, 5) is 15.7. The lowest BCUT2D eigenvalue weighted by molar-refractivity contribution is -0.117. The van der Waals surface area contributed by atoms with Crippen molar-refractivity contribution >= 4 is 28.5 Å². The smallest absolute Gasteiger partial charge is 0.225 e. The Bertz CT molecular complexity index is 860. The molecular formula is C17H16ClN3O2. The van der Waals surface area contributed by atoms with E-state index < -0.39 is 12.0 Å². The molecule has 6 heteroatoms. The first-order chi connectivity index (χ1) is 11.1. The highest BCUT2D eigenvalue weighted by Crippen LogP contribution is 2.26. The molecule has 1 aromatic heterocycles. The van der Waals surface area contributed by atoms with E-state index in [1.54, 1.807) is 12.1 Å². The number of aliphatic hydroxyl groups excluding tert-OH is 1. The molecule has 0 fully saturated rings. The van der Waals surface area contributed by atoms with Gasteiger partial charge in [-0.3, -0.25) is 4.79 Å². The molecule has 2 aromatic carbocycles. The molecule has 0 saturated carbocycles. The molecule has 0 radical (unpaired) electrons. The number of aliphatic hydroxyl groups is 1. The summed E-state index contributed by atoms with van der Waals surface area (Å²) in [5.74, 6) is 0.0681. The molecule has 0 aliphatic heterocycles. The zero-order chi connectivity index (χ0) is 16.4. The van der Waals surface area contributed by atoms with Crippen molar-refractivity contribution in [3.8, 4) is 0 Å². The average Bonchev–Trinajstić information content (AvgIpc) is 2.84. The van der Waals surface area contributed by atoms with Crippen LogP contribution in [0.3, 0.4) is 0 Å². The summed E-state index contributed by atoms with van der Waals surface area (Å²) in [7, 11) is 0. The van der Waals surface area contributed by atoms with Gasteiger partial charge < -0.3 is 15.4 Å². The Morgan fingerprint density at radius 3 is 2.65 bits per heavy atom. The number of para-hydroxylation sites is 2. The van der Waals surface area contributed by atoms with Crippen molar-refractivity contribution in [1.82, 2.24) is 9.55 Å². The molecule has 1 unspecified atom stereocenters. The molecule has 3 aromatic rings. The van der Waals surface area contributed by atoms with Crippen LogP contribution in [0.1, 0.15) is 17.5 Å². The van der Waals surface area contributed by atoms with Crippen molar-refractivity contribution < 1.29 is 9.90 Å². The molecular weight excluding hydrogens is 314 g/mol.